The second-order valence-corrected chi connectivity index (χ2v) is 7.95. The van der Waals surface area contributed by atoms with Gasteiger partial charge < -0.3 is 0 Å². The Balaban J connectivity index is 1.37. The molecule has 1 N–H and O–H groups in total. The summed E-state index contributed by atoms with van der Waals surface area (Å²) in [6.07, 6.45) is 5.08. The van der Waals surface area contributed by atoms with Crippen LogP contribution in [0.4, 0.5) is 5.69 Å². The third-order valence-corrected chi connectivity index (χ3v) is 6.34. The zero-order valence-electron chi connectivity index (χ0n) is 15.8. The van der Waals surface area contributed by atoms with Crippen LogP contribution < -0.4 is 10.3 Å². The molecule has 1 aromatic carbocycles. The van der Waals surface area contributed by atoms with E-state index in [1.807, 2.05) is 26.0 Å². The molecule has 2 bridgehead atoms. The summed E-state index contributed by atoms with van der Waals surface area (Å²) in [7, 11) is 0. The van der Waals surface area contributed by atoms with E-state index < -0.39 is 0 Å². The van der Waals surface area contributed by atoms with Crippen molar-refractivity contribution in [1.82, 2.24) is 4.68 Å². The topological polar surface area (TPSA) is 71.4 Å². The van der Waals surface area contributed by atoms with Crippen LogP contribution in [0.25, 0.3) is 0 Å². The Hall–Kier alpha value is -3.15. The number of fused-ring (bicyclic) bond motifs is 5. The molecule has 6 heteroatoms. The van der Waals surface area contributed by atoms with Crippen molar-refractivity contribution in [2.24, 2.45) is 23.7 Å². The van der Waals surface area contributed by atoms with E-state index in [0.29, 0.717) is 11.3 Å². The second-order valence-electron chi connectivity index (χ2n) is 7.95. The Kier molecular flexibility index (Phi) is 3.59. The minimum Gasteiger partial charge on any atom is -0.274 e. The van der Waals surface area contributed by atoms with Crippen LogP contribution >= 0.6 is 0 Å². The zero-order valence-corrected chi connectivity index (χ0v) is 15.8. The van der Waals surface area contributed by atoms with Crippen molar-refractivity contribution in [3.8, 4) is 0 Å². The van der Waals surface area contributed by atoms with E-state index in [0.717, 1.165) is 17.8 Å². The molecule has 142 valence electrons. The van der Waals surface area contributed by atoms with E-state index in [-0.39, 0.29) is 41.4 Å². The number of carbonyl (C=O) groups is 3. The molecule has 5 rings (SSSR count). The summed E-state index contributed by atoms with van der Waals surface area (Å²) in [5, 5.41) is 0. The highest BCUT2D eigenvalue weighted by Crippen LogP contribution is 2.53. The van der Waals surface area contributed by atoms with Crippen molar-refractivity contribution >= 4 is 23.4 Å². The van der Waals surface area contributed by atoms with Crippen molar-refractivity contribution in [3.05, 3.63) is 65.5 Å². The molecular weight excluding hydrogens is 354 g/mol. The quantitative estimate of drug-likeness (QED) is 0.662. The smallest absolute Gasteiger partial charge is 0.270 e. The molecule has 0 spiro atoms. The highest BCUT2D eigenvalue weighted by Gasteiger charge is 2.59. The maximum absolute atomic E-state index is 12.9. The molecule has 3 amide bonds. The first kappa shape index (κ1) is 17.0. The molecule has 1 saturated carbocycles. The summed E-state index contributed by atoms with van der Waals surface area (Å²) in [6, 6.07) is 10.5. The summed E-state index contributed by atoms with van der Waals surface area (Å²) in [5.74, 6) is -0.517. The standard InChI is InChI=1S/C22H21N3O3/c1-12-3-4-13(2)25(12)23-20(26)14-7-9-17(10-8-14)24-21(27)18-15-5-6-16(11-15)19(18)22(24)28/h3-10,15-16,18-19H,11H2,1-2H3,(H,23,26)/t15-,16-,18-,19-/m0/s1. The van der Waals surface area contributed by atoms with Crippen LogP contribution in [0, 0.1) is 37.5 Å². The van der Waals surface area contributed by atoms with Crippen LogP contribution in [0.3, 0.4) is 0 Å². The highest BCUT2D eigenvalue weighted by atomic mass is 16.2. The molecule has 0 unspecified atom stereocenters. The van der Waals surface area contributed by atoms with Crippen molar-refractivity contribution in [3.63, 3.8) is 0 Å². The Morgan fingerprint density at radius 2 is 1.43 bits per heavy atom. The number of nitrogens with one attached hydrogen (secondary N) is 1. The van der Waals surface area contributed by atoms with Gasteiger partial charge in [-0.05, 0) is 68.5 Å². The normalized spacial score (nSPS) is 27.6. The lowest BCUT2D eigenvalue weighted by molar-refractivity contribution is -0.123. The molecule has 1 saturated heterocycles. The van der Waals surface area contributed by atoms with Gasteiger partial charge in [0.1, 0.15) is 0 Å². The molecule has 2 aromatic rings. The van der Waals surface area contributed by atoms with E-state index in [2.05, 4.69) is 17.6 Å². The fourth-order valence-electron chi connectivity index (χ4n) is 4.93. The SMILES string of the molecule is Cc1ccc(C)n1NC(=O)c1ccc(N2C(=O)[C@@H]3[C@@H](C2=O)[C@H]2C=C[C@H]3C2)cc1. The van der Waals surface area contributed by atoms with Crippen LogP contribution in [-0.2, 0) is 9.59 Å². The molecule has 1 aromatic heterocycles. The Morgan fingerprint density at radius 1 is 0.893 bits per heavy atom. The van der Waals surface area contributed by atoms with E-state index in [4.69, 9.17) is 0 Å². The number of imide groups is 1. The molecular formula is C22H21N3O3. The fraction of sp³-hybridized carbons (Fsp3) is 0.318. The molecule has 2 fully saturated rings. The highest BCUT2D eigenvalue weighted by molar-refractivity contribution is 6.22. The van der Waals surface area contributed by atoms with Gasteiger partial charge >= 0.3 is 0 Å². The largest absolute Gasteiger partial charge is 0.274 e. The third kappa shape index (κ3) is 2.30. The summed E-state index contributed by atoms with van der Waals surface area (Å²) in [5.41, 5.74) is 5.73. The summed E-state index contributed by atoms with van der Waals surface area (Å²) < 4.78 is 1.73. The van der Waals surface area contributed by atoms with Crippen LogP contribution in [0.1, 0.15) is 28.2 Å². The summed E-state index contributed by atoms with van der Waals surface area (Å²) in [4.78, 5) is 39.6. The van der Waals surface area contributed by atoms with Gasteiger partial charge in [-0.1, -0.05) is 12.2 Å². The maximum atomic E-state index is 12.9. The number of aromatic nitrogens is 1. The van der Waals surface area contributed by atoms with Crippen LogP contribution in [0.15, 0.2) is 48.6 Å². The average molecular weight is 375 g/mol. The number of benzene rings is 1. The first-order valence-electron chi connectivity index (χ1n) is 9.58. The molecule has 4 atom stereocenters. The summed E-state index contributed by atoms with van der Waals surface area (Å²) >= 11 is 0. The van der Waals surface area contributed by atoms with Gasteiger partial charge in [0, 0.05) is 17.0 Å². The van der Waals surface area contributed by atoms with Gasteiger partial charge in [-0.25, -0.2) is 0 Å². The van der Waals surface area contributed by atoms with Crippen molar-refractivity contribution < 1.29 is 14.4 Å². The lowest BCUT2D eigenvalue weighted by Gasteiger charge is -2.18. The number of rotatable bonds is 3. The van der Waals surface area contributed by atoms with E-state index in [1.54, 1.807) is 28.9 Å². The van der Waals surface area contributed by atoms with Gasteiger partial charge in [0.05, 0.1) is 17.5 Å². The van der Waals surface area contributed by atoms with Gasteiger partial charge in [0.15, 0.2) is 0 Å². The van der Waals surface area contributed by atoms with Crippen molar-refractivity contribution in [1.29, 1.82) is 0 Å². The van der Waals surface area contributed by atoms with Crippen molar-refractivity contribution in [2.45, 2.75) is 20.3 Å². The lowest BCUT2D eigenvalue weighted by Crippen LogP contribution is -2.33. The zero-order chi connectivity index (χ0) is 19.6. The van der Waals surface area contributed by atoms with Gasteiger partial charge in [0.25, 0.3) is 5.91 Å². The second kappa shape index (κ2) is 5.92. The van der Waals surface area contributed by atoms with Gasteiger partial charge in [-0.15, -0.1) is 0 Å². The number of carbonyl (C=O) groups excluding carboxylic acids is 3. The van der Waals surface area contributed by atoms with Gasteiger partial charge in [-0.3, -0.25) is 29.4 Å². The van der Waals surface area contributed by atoms with E-state index in [9.17, 15) is 14.4 Å². The number of hydrogen-bond acceptors (Lipinski definition) is 3. The van der Waals surface area contributed by atoms with Gasteiger partial charge in [0.2, 0.25) is 11.8 Å². The Labute approximate surface area is 162 Å². The fourth-order valence-corrected chi connectivity index (χ4v) is 4.93. The molecule has 1 aliphatic heterocycles. The number of anilines is 1. The van der Waals surface area contributed by atoms with E-state index >= 15 is 0 Å². The number of aryl methyl sites for hydroxylation is 2. The van der Waals surface area contributed by atoms with Crippen molar-refractivity contribution in [2.75, 3.05) is 10.3 Å². The molecule has 0 radical (unpaired) electrons. The molecule has 2 aliphatic carbocycles. The third-order valence-electron chi connectivity index (χ3n) is 6.34. The minimum absolute atomic E-state index is 0.109. The molecule has 28 heavy (non-hydrogen) atoms. The lowest BCUT2D eigenvalue weighted by atomic mass is 9.85. The number of allylic oxidation sites excluding steroid dienone is 2. The molecule has 2 heterocycles. The maximum Gasteiger partial charge on any atom is 0.270 e. The van der Waals surface area contributed by atoms with Crippen LogP contribution in [0.2, 0.25) is 0 Å². The number of nitrogens with zero attached hydrogens (tertiary/aromatic N) is 2. The minimum atomic E-state index is -0.243. The molecule has 6 nitrogen and oxygen atoms in total. The first-order chi connectivity index (χ1) is 13.5. The average Bonchev–Trinajstić information content (AvgIpc) is 3.43. The van der Waals surface area contributed by atoms with Gasteiger partial charge in [-0.2, -0.15) is 0 Å². The van der Waals surface area contributed by atoms with Crippen LogP contribution in [-0.4, -0.2) is 22.4 Å². The molecule has 3 aliphatic rings. The Bertz CT molecular complexity index is 984. The summed E-state index contributed by atoms with van der Waals surface area (Å²) in [6.45, 7) is 3.83. The number of amides is 3. The van der Waals surface area contributed by atoms with Crippen LogP contribution in [0.5, 0.6) is 0 Å². The number of hydrogen-bond donors (Lipinski definition) is 1. The first-order valence-corrected chi connectivity index (χ1v) is 9.58. The van der Waals surface area contributed by atoms with E-state index in [1.165, 1.54) is 4.90 Å². The monoisotopic (exact) mass is 375 g/mol. The predicted molar refractivity (Wildman–Crippen MR) is 104 cm³/mol. The Morgan fingerprint density at radius 3 is 1.96 bits per heavy atom. The predicted octanol–water partition coefficient (Wildman–Crippen LogP) is 2.80.